The van der Waals surface area contributed by atoms with Crippen LogP contribution in [-0.2, 0) is 11.4 Å². The van der Waals surface area contributed by atoms with Crippen molar-refractivity contribution < 1.29 is 19.0 Å². The molecule has 4 rings (SSSR count). The van der Waals surface area contributed by atoms with Gasteiger partial charge in [-0.05, 0) is 105 Å². The minimum absolute atomic E-state index is 0.00982. The summed E-state index contributed by atoms with van der Waals surface area (Å²) < 4.78 is 19.4. The van der Waals surface area contributed by atoms with E-state index in [0.717, 1.165) is 34.2 Å². The molecule has 33 heavy (non-hydrogen) atoms. The Morgan fingerprint density at radius 2 is 1.88 bits per heavy atom. The molecule has 0 radical (unpaired) electrons. The average Bonchev–Trinajstić information content (AvgIpc) is 3.25. The number of hydrogen-bond donors (Lipinski definition) is 1. The standard InChI is InChI=1S/C24H15BrI2N2O4/c25-17-2-1-3-18(10-17)29-24(30)16(11-28)6-15-7-19(26)23(20(27)8-15)31-12-14-4-5-21-22(9-14)33-13-32-21/h1-10H,12-13H2,(H,29,30)/b16-6-. The number of nitriles is 1. The average molecular weight is 729 g/mol. The number of nitrogens with zero attached hydrogens (tertiary/aromatic N) is 1. The fraction of sp³-hybridized carbons (Fsp3) is 0.0833. The van der Waals surface area contributed by atoms with Crippen molar-refractivity contribution in [3.05, 3.63) is 82.9 Å². The van der Waals surface area contributed by atoms with Crippen LogP contribution < -0.4 is 19.5 Å². The lowest BCUT2D eigenvalue weighted by molar-refractivity contribution is -0.112. The second-order valence-electron chi connectivity index (χ2n) is 6.92. The highest BCUT2D eigenvalue weighted by Gasteiger charge is 2.15. The molecule has 0 fully saturated rings. The molecule has 1 heterocycles. The van der Waals surface area contributed by atoms with E-state index in [9.17, 15) is 10.1 Å². The molecule has 9 heteroatoms. The Kier molecular flexibility index (Phi) is 7.77. The maximum Gasteiger partial charge on any atom is 0.266 e. The normalized spacial score (nSPS) is 12.2. The number of amides is 1. The van der Waals surface area contributed by atoms with Crippen LogP contribution >= 0.6 is 61.1 Å². The summed E-state index contributed by atoms with van der Waals surface area (Å²) in [7, 11) is 0. The second-order valence-corrected chi connectivity index (χ2v) is 10.2. The van der Waals surface area contributed by atoms with Crippen molar-refractivity contribution in [1.82, 2.24) is 0 Å². The number of nitrogens with one attached hydrogen (secondary N) is 1. The topological polar surface area (TPSA) is 80.6 Å². The Morgan fingerprint density at radius 3 is 2.61 bits per heavy atom. The molecular formula is C24H15BrI2N2O4. The van der Waals surface area contributed by atoms with Crippen molar-refractivity contribution in [2.45, 2.75) is 6.61 Å². The van der Waals surface area contributed by atoms with Crippen molar-refractivity contribution in [2.75, 3.05) is 12.1 Å². The van der Waals surface area contributed by atoms with E-state index in [-0.39, 0.29) is 12.4 Å². The van der Waals surface area contributed by atoms with Gasteiger partial charge in [-0.3, -0.25) is 4.79 Å². The highest BCUT2D eigenvalue weighted by Crippen LogP contribution is 2.34. The van der Waals surface area contributed by atoms with E-state index >= 15 is 0 Å². The van der Waals surface area contributed by atoms with Crippen molar-refractivity contribution in [3.63, 3.8) is 0 Å². The highest BCUT2D eigenvalue weighted by atomic mass is 127. The molecule has 1 aliphatic heterocycles. The van der Waals surface area contributed by atoms with E-state index in [1.54, 1.807) is 18.2 Å². The van der Waals surface area contributed by atoms with Crippen LogP contribution in [0.2, 0.25) is 0 Å². The van der Waals surface area contributed by atoms with Gasteiger partial charge in [-0.1, -0.05) is 28.1 Å². The number of ether oxygens (including phenoxy) is 3. The molecule has 0 saturated heterocycles. The minimum Gasteiger partial charge on any atom is -0.487 e. The molecule has 0 aliphatic carbocycles. The summed E-state index contributed by atoms with van der Waals surface area (Å²) in [6, 6.07) is 18.6. The highest BCUT2D eigenvalue weighted by molar-refractivity contribution is 14.1. The maximum atomic E-state index is 12.6. The third kappa shape index (κ3) is 5.99. The summed E-state index contributed by atoms with van der Waals surface area (Å²) in [6.45, 7) is 0.604. The summed E-state index contributed by atoms with van der Waals surface area (Å²) in [5, 5.41) is 12.3. The Labute approximate surface area is 226 Å². The Bertz CT molecular complexity index is 1280. The summed E-state index contributed by atoms with van der Waals surface area (Å²) in [6.07, 6.45) is 1.57. The minimum atomic E-state index is -0.469. The van der Waals surface area contributed by atoms with Gasteiger partial charge in [0.15, 0.2) is 11.5 Å². The first-order valence-corrected chi connectivity index (χ1v) is 12.6. The maximum absolute atomic E-state index is 12.6. The monoisotopic (exact) mass is 728 g/mol. The molecule has 0 unspecified atom stereocenters. The third-order valence-electron chi connectivity index (χ3n) is 4.60. The summed E-state index contributed by atoms with van der Waals surface area (Å²) in [4.78, 5) is 12.6. The van der Waals surface area contributed by atoms with Crippen LogP contribution in [0, 0.1) is 18.5 Å². The molecule has 1 aliphatic rings. The summed E-state index contributed by atoms with van der Waals surface area (Å²) in [5.74, 6) is 1.72. The van der Waals surface area contributed by atoms with E-state index in [4.69, 9.17) is 14.2 Å². The van der Waals surface area contributed by atoms with Gasteiger partial charge in [0.2, 0.25) is 6.79 Å². The van der Waals surface area contributed by atoms with E-state index in [0.29, 0.717) is 18.0 Å². The summed E-state index contributed by atoms with van der Waals surface area (Å²) >= 11 is 7.75. The molecule has 6 nitrogen and oxygen atoms in total. The predicted octanol–water partition coefficient (Wildman–Crippen LogP) is 6.51. The lowest BCUT2D eigenvalue weighted by atomic mass is 10.1. The first-order valence-electron chi connectivity index (χ1n) is 9.62. The number of rotatable bonds is 6. The first-order chi connectivity index (χ1) is 15.9. The van der Waals surface area contributed by atoms with Gasteiger partial charge in [0.1, 0.15) is 24.0 Å². The SMILES string of the molecule is N#C/C(=C/c1cc(I)c(OCc2ccc3c(c2)OCO3)c(I)c1)C(=O)Nc1cccc(Br)c1. The number of fused-ring (bicyclic) bond motifs is 1. The molecule has 3 aromatic carbocycles. The zero-order chi connectivity index (χ0) is 23.4. The van der Waals surface area contributed by atoms with Crippen LogP contribution in [0.4, 0.5) is 5.69 Å². The quantitative estimate of drug-likeness (QED) is 0.178. The van der Waals surface area contributed by atoms with Crippen molar-refractivity contribution in [2.24, 2.45) is 0 Å². The van der Waals surface area contributed by atoms with Crippen molar-refractivity contribution in [3.8, 4) is 23.3 Å². The zero-order valence-electron chi connectivity index (χ0n) is 16.9. The van der Waals surface area contributed by atoms with E-state index < -0.39 is 5.91 Å². The number of anilines is 1. The van der Waals surface area contributed by atoms with Crippen molar-refractivity contribution in [1.29, 1.82) is 5.26 Å². The fourth-order valence-electron chi connectivity index (χ4n) is 3.07. The lowest BCUT2D eigenvalue weighted by Gasteiger charge is -2.12. The van der Waals surface area contributed by atoms with Gasteiger partial charge in [-0.25, -0.2) is 0 Å². The van der Waals surface area contributed by atoms with E-state index in [1.165, 1.54) is 0 Å². The number of halogens is 3. The summed E-state index contributed by atoms with van der Waals surface area (Å²) in [5.41, 5.74) is 2.31. The van der Waals surface area contributed by atoms with Crippen LogP contribution in [0.25, 0.3) is 6.08 Å². The van der Waals surface area contributed by atoms with Gasteiger partial charge in [0.25, 0.3) is 5.91 Å². The van der Waals surface area contributed by atoms with E-state index in [2.05, 4.69) is 66.4 Å². The van der Waals surface area contributed by atoms with Crippen LogP contribution in [0.5, 0.6) is 17.2 Å². The van der Waals surface area contributed by atoms with Crippen LogP contribution in [0.1, 0.15) is 11.1 Å². The van der Waals surface area contributed by atoms with E-state index in [1.807, 2.05) is 48.5 Å². The number of carbonyl (C=O) groups is 1. The van der Waals surface area contributed by atoms with Crippen LogP contribution in [-0.4, -0.2) is 12.7 Å². The van der Waals surface area contributed by atoms with Crippen LogP contribution in [0.15, 0.2) is 64.6 Å². The predicted molar refractivity (Wildman–Crippen MR) is 145 cm³/mol. The molecule has 0 atom stereocenters. The number of carbonyl (C=O) groups excluding carboxylic acids is 1. The molecule has 166 valence electrons. The molecule has 0 spiro atoms. The Morgan fingerprint density at radius 1 is 1.12 bits per heavy atom. The molecule has 0 bridgehead atoms. The van der Waals surface area contributed by atoms with Gasteiger partial charge in [-0.15, -0.1) is 0 Å². The number of benzene rings is 3. The fourth-order valence-corrected chi connectivity index (χ4v) is 5.59. The molecule has 3 aromatic rings. The van der Waals surface area contributed by atoms with Gasteiger partial charge < -0.3 is 19.5 Å². The molecule has 0 aromatic heterocycles. The second kappa shape index (κ2) is 10.8. The largest absolute Gasteiger partial charge is 0.487 e. The molecular weight excluding hydrogens is 714 g/mol. The van der Waals surface area contributed by atoms with Crippen molar-refractivity contribution >= 4 is 78.8 Å². The number of hydrogen-bond acceptors (Lipinski definition) is 5. The first kappa shape index (κ1) is 23.8. The smallest absolute Gasteiger partial charge is 0.266 e. The van der Waals surface area contributed by atoms with Crippen LogP contribution in [0.3, 0.4) is 0 Å². The van der Waals surface area contributed by atoms with Gasteiger partial charge in [0.05, 0.1) is 7.14 Å². The Hall–Kier alpha value is -2.30. The van der Waals surface area contributed by atoms with Gasteiger partial charge in [-0.2, -0.15) is 5.26 Å². The molecule has 1 amide bonds. The lowest BCUT2D eigenvalue weighted by Crippen LogP contribution is -2.13. The molecule has 1 N–H and O–H groups in total. The molecule has 0 saturated carbocycles. The third-order valence-corrected chi connectivity index (χ3v) is 6.70. The van der Waals surface area contributed by atoms with Gasteiger partial charge >= 0.3 is 0 Å². The Balaban J connectivity index is 1.49. The van der Waals surface area contributed by atoms with Gasteiger partial charge in [0, 0.05) is 10.2 Å². The zero-order valence-corrected chi connectivity index (χ0v) is 22.8.